The van der Waals surface area contributed by atoms with Crippen molar-refractivity contribution in [1.82, 2.24) is 0 Å². The normalized spacial score (nSPS) is 10.4. The fraction of sp³-hybridized carbons (Fsp3) is 0.0714. The molecule has 98 valence electrons. The molecular formula is C14H12O5. The second-order valence-electron chi connectivity index (χ2n) is 4.19. The van der Waals surface area contributed by atoms with Crippen LogP contribution in [0.15, 0.2) is 30.3 Å². The largest absolute Gasteiger partial charge is 0.508 e. The van der Waals surface area contributed by atoms with Crippen molar-refractivity contribution in [2.45, 2.75) is 6.92 Å². The molecule has 4 N–H and O–H groups in total. The summed E-state index contributed by atoms with van der Waals surface area (Å²) in [6.45, 7) is 1.65. The summed E-state index contributed by atoms with van der Waals surface area (Å²) in [6, 6.07) is 6.46. The minimum absolute atomic E-state index is 0.0397. The first-order valence-corrected chi connectivity index (χ1v) is 5.49. The lowest BCUT2D eigenvalue weighted by Crippen LogP contribution is -2.01. The fourth-order valence-electron chi connectivity index (χ4n) is 1.70. The van der Waals surface area contributed by atoms with Crippen LogP contribution in [0.3, 0.4) is 0 Å². The van der Waals surface area contributed by atoms with Gasteiger partial charge in [0.25, 0.3) is 0 Å². The Balaban J connectivity index is 2.47. The summed E-state index contributed by atoms with van der Waals surface area (Å²) in [6.07, 6.45) is 0. The molecule has 2 aromatic rings. The van der Waals surface area contributed by atoms with E-state index in [-0.39, 0.29) is 11.3 Å². The minimum Gasteiger partial charge on any atom is -0.508 e. The van der Waals surface area contributed by atoms with Gasteiger partial charge in [-0.15, -0.1) is 0 Å². The van der Waals surface area contributed by atoms with E-state index in [0.29, 0.717) is 11.1 Å². The van der Waals surface area contributed by atoms with Crippen molar-refractivity contribution in [2.24, 2.45) is 0 Å². The highest BCUT2D eigenvalue weighted by atomic mass is 16.3. The smallest absolute Gasteiger partial charge is 0.200 e. The van der Waals surface area contributed by atoms with Crippen LogP contribution in [0.4, 0.5) is 0 Å². The van der Waals surface area contributed by atoms with Gasteiger partial charge in [-0.3, -0.25) is 4.79 Å². The van der Waals surface area contributed by atoms with Crippen LogP contribution < -0.4 is 0 Å². The maximum atomic E-state index is 12.1. The number of carbonyl (C=O) groups excluding carboxylic acids is 1. The number of carbonyl (C=O) groups is 1. The van der Waals surface area contributed by atoms with Crippen LogP contribution >= 0.6 is 0 Å². The van der Waals surface area contributed by atoms with E-state index in [2.05, 4.69) is 0 Å². The van der Waals surface area contributed by atoms with E-state index in [0.717, 1.165) is 12.1 Å². The van der Waals surface area contributed by atoms with Crippen molar-refractivity contribution in [3.63, 3.8) is 0 Å². The molecule has 0 aromatic heterocycles. The van der Waals surface area contributed by atoms with Crippen LogP contribution in [0.1, 0.15) is 21.5 Å². The molecule has 0 heterocycles. The standard InChI is InChI=1S/C14H12O5/c1-7-4-8(2-3-10(7)15)13(18)9-5-11(16)14(19)12(17)6-9/h2-6,15-17,19H,1H3. The van der Waals surface area contributed by atoms with Gasteiger partial charge in [0.2, 0.25) is 0 Å². The number of phenolic OH excluding ortho intramolecular Hbond substituents is 4. The van der Waals surface area contributed by atoms with Gasteiger partial charge in [-0.2, -0.15) is 0 Å². The number of hydrogen-bond donors (Lipinski definition) is 4. The molecule has 0 saturated carbocycles. The average Bonchev–Trinajstić information content (AvgIpc) is 2.37. The van der Waals surface area contributed by atoms with Crippen LogP contribution in [0.5, 0.6) is 23.0 Å². The highest BCUT2D eigenvalue weighted by Gasteiger charge is 2.15. The van der Waals surface area contributed by atoms with E-state index in [4.69, 9.17) is 0 Å². The molecule has 5 nitrogen and oxygen atoms in total. The monoisotopic (exact) mass is 260 g/mol. The van der Waals surface area contributed by atoms with Crippen molar-refractivity contribution < 1.29 is 25.2 Å². The summed E-state index contributed by atoms with van der Waals surface area (Å²) >= 11 is 0. The fourth-order valence-corrected chi connectivity index (χ4v) is 1.70. The van der Waals surface area contributed by atoms with Gasteiger partial charge in [-0.05, 0) is 42.8 Å². The highest BCUT2D eigenvalue weighted by molar-refractivity contribution is 6.09. The van der Waals surface area contributed by atoms with Crippen molar-refractivity contribution in [1.29, 1.82) is 0 Å². The van der Waals surface area contributed by atoms with Crippen molar-refractivity contribution in [3.8, 4) is 23.0 Å². The van der Waals surface area contributed by atoms with Crippen LogP contribution in [0.25, 0.3) is 0 Å². The van der Waals surface area contributed by atoms with Crippen LogP contribution in [-0.2, 0) is 0 Å². The third-order valence-electron chi connectivity index (χ3n) is 2.79. The number of aromatic hydroxyl groups is 4. The predicted molar refractivity (Wildman–Crippen MR) is 67.7 cm³/mol. The molecule has 0 aliphatic heterocycles. The zero-order valence-corrected chi connectivity index (χ0v) is 10.1. The molecule has 0 fully saturated rings. The number of aryl methyl sites for hydroxylation is 1. The Morgan fingerprint density at radius 2 is 1.42 bits per heavy atom. The lowest BCUT2D eigenvalue weighted by atomic mass is 10.0. The summed E-state index contributed by atoms with van der Waals surface area (Å²) in [4.78, 5) is 12.1. The summed E-state index contributed by atoms with van der Waals surface area (Å²) in [7, 11) is 0. The van der Waals surface area contributed by atoms with E-state index in [9.17, 15) is 25.2 Å². The number of hydrogen-bond acceptors (Lipinski definition) is 5. The van der Waals surface area contributed by atoms with Gasteiger partial charge >= 0.3 is 0 Å². The Morgan fingerprint density at radius 3 is 1.95 bits per heavy atom. The lowest BCUT2D eigenvalue weighted by Gasteiger charge is -2.06. The number of phenols is 4. The molecule has 0 aliphatic carbocycles. The molecule has 0 radical (unpaired) electrons. The molecule has 0 spiro atoms. The lowest BCUT2D eigenvalue weighted by molar-refractivity contribution is 0.103. The Bertz CT molecular complexity index is 638. The minimum atomic E-state index is -0.668. The summed E-state index contributed by atoms with van der Waals surface area (Å²) in [5.74, 6) is -2.17. The molecule has 0 saturated heterocycles. The van der Waals surface area contributed by atoms with Crippen molar-refractivity contribution >= 4 is 5.78 Å². The predicted octanol–water partition coefficient (Wildman–Crippen LogP) is 2.05. The van der Waals surface area contributed by atoms with Gasteiger partial charge < -0.3 is 20.4 Å². The van der Waals surface area contributed by atoms with Crippen molar-refractivity contribution in [3.05, 3.63) is 47.0 Å². The topological polar surface area (TPSA) is 98.0 Å². The number of ketones is 1. The Kier molecular flexibility index (Phi) is 3.04. The Hall–Kier alpha value is -2.69. The van der Waals surface area contributed by atoms with Crippen molar-refractivity contribution in [2.75, 3.05) is 0 Å². The molecular weight excluding hydrogens is 248 g/mol. The Morgan fingerprint density at radius 1 is 0.842 bits per heavy atom. The Labute approximate surface area is 109 Å². The van der Waals surface area contributed by atoms with Gasteiger partial charge in [0.15, 0.2) is 23.0 Å². The molecule has 2 rings (SSSR count). The molecule has 2 aromatic carbocycles. The third kappa shape index (κ3) is 2.30. The molecule has 5 heteroatoms. The van der Waals surface area contributed by atoms with Gasteiger partial charge in [-0.25, -0.2) is 0 Å². The van der Waals surface area contributed by atoms with E-state index in [1.54, 1.807) is 6.92 Å². The maximum absolute atomic E-state index is 12.1. The van der Waals surface area contributed by atoms with Gasteiger partial charge in [0.1, 0.15) is 5.75 Å². The first kappa shape index (κ1) is 12.8. The first-order chi connectivity index (χ1) is 8.90. The second kappa shape index (κ2) is 4.53. The van der Waals surface area contributed by atoms with Gasteiger partial charge in [0, 0.05) is 11.1 Å². The van der Waals surface area contributed by atoms with Crippen LogP contribution in [0, 0.1) is 6.92 Å². The molecule has 0 amide bonds. The molecule has 19 heavy (non-hydrogen) atoms. The zero-order valence-electron chi connectivity index (χ0n) is 10.1. The van der Waals surface area contributed by atoms with Crippen LogP contribution in [-0.4, -0.2) is 26.2 Å². The van der Waals surface area contributed by atoms with Gasteiger partial charge in [0.05, 0.1) is 0 Å². The molecule has 0 aliphatic rings. The van der Waals surface area contributed by atoms with E-state index in [1.807, 2.05) is 0 Å². The highest BCUT2D eigenvalue weighted by Crippen LogP contribution is 2.36. The summed E-state index contributed by atoms with van der Waals surface area (Å²) in [5, 5.41) is 37.4. The number of benzene rings is 2. The maximum Gasteiger partial charge on any atom is 0.200 e. The van der Waals surface area contributed by atoms with E-state index in [1.165, 1.54) is 18.2 Å². The van der Waals surface area contributed by atoms with Crippen LogP contribution in [0.2, 0.25) is 0 Å². The molecule has 0 atom stereocenters. The zero-order chi connectivity index (χ0) is 14.2. The quantitative estimate of drug-likeness (QED) is 0.489. The molecule has 0 unspecified atom stereocenters. The summed E-state index contributed by atoms with van der Waals surface area (Å²) in [5.41, 5.74) is 0.885. The van der Waals surface area contributed by atoms with Gasteiger partial charge in [-0.1, -0.05) is 0 Å². The van der Waals surface area contributed by atoms with E-state index >= 15 is 0 Å². The average molecular weight is 260 g/mol. The summed E-state index contributed by atoms with van der Waals surface area (Å²) < 4.78 is 0. The third-order valence-corrected chi connectivity index (χ3v) is 2.79. The SMILES string of the molecule is Cc1cc(C(=O)c2cc(O)c(O)c(O)c2)ccc1O. The first-order valence-electron chi connectivity index (χ1n) is 5.49. The number of rotatable bonds is 2. The van der Waals surface area contributed by atoms with E-state index < -0.39 is 23.0 Å². The second-order valence-corrected chi connectivity index (χ2v) is 4.19. The molecule has 0 bridgehead atoms.